The van der Waals surface area contributed by atoms with E-state index in [4.69, 9.17) is 18.5 Å². The Balaban J connectivity index is 4.21. The lowest BCUT2D eigenvalue weighted by Gasteiger charge is -2.28. The molecular weight excluding hydrogens is 794 g/mol. The van der Waals surface area contributed by atoms with E-state index in [1.807, 2.05) is 21.1 Å². The van der Waals surface area contributed by atoms with Crippen molar-refractivity contribution in [1.29, 1.82) is 0 Å². The Labute approximate surface area is 383 Å². The Hall–Kier alpha value is -2.06. The number of quaternary nitrogens is 1. The van der Waals surface area contributed by atoms with Gasteiger partial charge in [0.05, 0.1) is 34.4 Å². The molecule has 8 nitrogen and oxygen atoms in total. The molecule has 0 fully saturated rings. The average Bonchev–Trinajstić information content (AvgIpc) is 3.23. The van der Waals surface area contributed by atoms with E-state index in [1.54, 1.807) is 0 Å². The molecule has 360 valence electrons. The Bertz CT molecular complexity index is 1220. The van der Waals surface area contributed by atoms with Gasteiger partial charge >= 0.3 is 5.97 Å². The van der Waals surface area contributed by atoms with Crippen LogP contribution in [0, 0.1) is 0 Å². The van der Waals surface area contributed by atoms with Gasteiger partial charge < -0.3 is 27.9 Å². The van der Waals surface area contributed by atoms with Gasteiger partial charge in [0.25, 0.3) is 7.82 Å². The molecule has 2 atom stereocenters. The van der Waals surface area contributed by atoms with Crippen molar-refractivity contribution in [1.82, 2.24) is 0 Å². The SMILES string of the molecule is CC/C=C\C/C=C\C/C=C\C/C=C\C/C=C\C/C=C\CCCCCCCOCC(COP(=O)([O-])OCC[N+](C)(C)C)OC(=O)CCCCCCCCCCCCCCCCCC. The molecule has 0 heterocycles. The predicted molar refractivity (Wildman–Crippen MR) is 263 cm³/mol. The van der Waals surface area contributed by atoms with Crippen LogP contribution in [-0.4, -0.2) is 70.7 Å². The fourth-order valence-electron chi connectivity index (χ4n) is 6.67. The molecular formula is C53H96NO7P. The molecule has 62 heavy (non-hydrogen) atoms. The van der Waals surface area contributed by atoms with Crippen LogP contribution in [0.25, 0.3) is 0 Å². The van der Waals surface area contributed by atoms with E-state index >= 15 is 0 Å². The van der Waals surface area contributed by atoms with Crippen molar-refractivity contribution in [2.24, 2.45) is 0 Å². The summed E-state index contributed by atoms with van der Waals surface area (Å²) in [6.07, 6.45) is 59.2. The molecule has 0 spiro atoms. The van der Waals surface area contributed by atoms with Crippen molar-refractivity contribution in [3.8, 4) is 0 Å². The molecule has 0 aliphatic carbocycles. The number of carbonyl (C=O) groups is 1. The zero-order valence-corrected chi connectivity index (χ0v) is 41.7. The standard InChI is InChI=1S/C53H96NO7P/c1-6-8-10-12-14-16-18-20-22-24-25-26-27-28-29-30-31-33-35-37-39-41-43-45-48-58-50-52(51-60-62(56,57)59-49-47-54(3,4)5)61-53(55)46-44-42-40-38-36-34-32-23-21-19-17-15-13-11-9-7-2/h8,10,14,16,20,22,25-26,28-29,31,33,52H,6-7,9,11-13,15,17-19,21,23-24,27,30,32,34-51H2,1-5H3/b10-8-,16-14-,22-20-,26-25-,29-28-,33-31-. The number of allylic oxidation sites excluding steroid dienone is 12. The van der Waals surface area contributed by atoms with Crippen molar-refractivity contribution >= 4 is 13.8 Å². The number of hydrogen-bond donors (Lipinski definition) is 0. The van der Waals surface area contributed by atoms with Crippen LogP contribution in [-0.2, 0) is 27.9 Å². The zero-order valence-electron chi connectivity index (χ0n) is 40.8. The molecule has 0 aromatic rings. The Morgan fingerprint density at radius 1 is 0.516 bits per heavy atom. The van der Waals surface area contributed by atoms with Crippen molar-refractivity contribution in [2.75, 3.05) is 54.1 Å². The highest BCUT2D eigenvalue weighted by molar-refractivity contribution is 7.45. The molecule has 0 bridgehead atoms. The smallest absolute Gasteiger partial charge is 0.306 e. The fourth-order valence-corrected chi connectivity index (χ4v) is 7.40. The quantitative estimate of drug-likeness (QED) is 0.0197. The van der Waals surface area contributed by atoms with Gasteiger partial charge in [-0.2, -0.15) is 0 Å². The van der Waals surface area contributed by atoms with Crippen LogP contribution >= 0.6 is 7.82 Å². The van der Waals surface area contributed by atoms with Gasteiger partial charge in [-0.3, -0.25) is 9.36 Å². The maximum atomic E-state index is 12.7. The van der Waals surface area contributed by atoms with E-state index in [9.17, 15) is 14.3 Å². The summed E-state index contributed by atoms with van der Waals surface area (Å²) >= 11 is 0. The third kappa shape index (κ3) is 49.0. The van der Waals surface area contributed by atoms with Gasteiger partial charge in [-0.15, -0.1) is 0 Å². The first-order valence-corrected chi connectivity index (χ1v) is 26.6. The minimum atomic E-state index is -4.54. The average molecular weight is 890 g/mol. The van der Waals surface area contributed by atoms with Gasteiger partial charge in [0, 0.05) is 13.0 Å². The van der Waals surface area contributed by atoms with Crippen LogP contribution in [0.5, 0.6) is 0 Å². The molecule has 0 aliphatic rings. The third-order valence-electron chi connectivity index (χ3n) is 10.5. The zero-order chi connectivity index (χ0) is 45.5. The molecule has 0 saturated carbocycles. The second kappa shape index (κ2) is 45.5. The molecule has 0 radical (unpaired) electrons. The highest BCUT2D eigenvalue weighted by Crippen LogP contribution is 2.38. The summed E-state index contributed by atoms with van der Waals surface area (Å²) in [5, 5.41) is 0. The minimum Gasteiger partial charge on any atom is -0.756 e. The number of nitrogens with zero attached hydrogens (tertiary/aromatic N) is 1. The lowest BCUT2D eigenvalue weighted by molar-refractivity contribution is -0.870. The van der Waals surface area contributed by atoms with Gasteiger partial charge in [-0.25, -0.2) is 0 Å². The number of likely N-dealkylation sites (N-methyl/N-ethyl adjacent to an activating group) is 1. The number of phosphoric ester groups is 1. The van der Waals surface area contributed by atoms with E-state index in [-0.39, 0.29) is 25.8 Å². The number of hydrogen-bond acceptors (Lipinski definition) is 7. The summed E-state index contributed by atoms with van der Waals surface area (Å²) in [6.45, 7) is 5.26. The molecule has 0 N–H and O–H groups in total. The summed E-state index contributed by atoms with van der Waals surface area (Å²) in [5.74, 6) is -0.342. The van der Waals surface area contributed by atoms with Crippen molar-refractivity contribution in [3.63, 3.8) is 0 Å². The Morgan fingerprint density at radius 3 is 1.40 bits per heavy atom. The second-order valence-corrected chi connectivity index (χ2v) is 19.2. The van der Waals surface area contributed by atoms with E-state index in [2.05, 4.69) is 86.8 Å². The van der Waals surface area contributed by atoms with Crippen molar-refractivity contribution in [2.45, 2.75) is 206 Å². The van der Waals surface area contributed by atoms with Gasteiger partial charge in [0.15, 0.2) is 0 Å². The lowest BCUT2D eigenvalue weighted by Crippen LogP contribution is -2.37. The van der Waals surface area contributed by atoms with Crippen LogP contribution in [0.15, 0.2) is 72.9 Å². The van der Waals surface area contributed by atoms with Crippen molar-refractivity contribution in [3.05, 3.63) is 72.9 Å². The highest BCUT2D eigenvalue weighted by atomic mass is 31.2. The predicted octanol–water partition coefficient (Wildman–Crippen LogP) is 14.8. The number of rotatable bonds is 46. The molecule has 0 aromatic heterocycles. The monoisotopic (exact) mass is 890 g/mol. The topological polar surface area (TPSA) is 94.1 Å². The molecule has 0 aromatic carbocycles. The first-order valence-electron chi connectivity index (χ1n) is 25.2. The molecule has 0 amide bonds. The number of phosphoric acid groups is 1. The molecule has 0 aliphatic heterocycles. The molecule has 0 rings (SSSR count). The molecule has 9 heteroatoms. The van der Waals surface area contributed by atoms with Gasteiger partial charge in [0.1, 0.15) is 19.3 Å². The second-order valence-electron chi connectivity index (χ2n) is 17.8. The first-order chi connectivity index (χ1) is 30.1. The minimum absolute atomic E-state index is 0.0197. The number of esters is 1. The van der Waals surface area contributed by atoms with Gasteiger partial charge in [-0.1, -0.05) is 202 Å². The Kier molecular flexibility index (Phi) is 44.0. The summed E-state index contributed by atoms with van der Waals surface area (Å²) < 4.78 is 34.7. The maximum Gasteiger partial charge on any atom is 0.306 e. The van der Waals surface area contributed by atoms with Crippen molar-refractivity contribution < 1.29 is 37.3 Å². The van der Waals surface area contributed by atoms with Gasteiger partial charge in [-0.05, 0) is 64.2 Å². The van der Waals surface area contributed by atoms with Gasteiger partial charge in [0.2, 0.25) is 0 Å². The number of ether oxygens (including phenoxy) is 2. The van der Waals surface area contributed by atoms with E-state index in [1.165, 1.54) is 96.3 Å². The lowest BCUT2D eigenvalue weighted by atomic mass is 10.0. The fraction of sp³-hybridized carbons (Fsp3) is 0.755. The van der Waals surface area contributed by atoms with Crippen LogP contribution in [0.2, 0.25) is 0 Å². The van der Waals surface area contributed by atoms with Crippen LogP contribution in [0.1, 0.15) is 200 Å². The summed E-state index contributed by atoms with van der Waals surface area (Å²) in [4.78, 5) is 25.1. The maximum absolute atomic E-state index is 12.7. The number of carbonyl (C=O) groups excluding carboxylic acids is 1. The highest BCUT2D eigenvalue weighted by Gasteiger charge is 2.20. The number of unbranched alkanes of at least 4 members (excludes halogenated alkanes) is 20. The first kappa shape index (κ1) is 59.9. The van der Waals surface area contributed by atoms with E-state index in [0.717, 1.165) is 83.5 Å². The van der Waals surface area contributed by atoms with E-state index in [0.29, 0.717) is 24.1 Å². The normalized spacial score (nSPS) is 14.2. The molecule has 0 saturated heterocycles. The molecule has 2 unspecified atom stereocenters. The van der Waals surface area contributed by atoms with Crippen LogP contribution < -0.4 is 4.89 Å². The summed E-state index contributed by atoms with van der Waals surface area (Å²) in [6, 6.07) is 0. The van der Waals surface area contributed by atoms with Crippen LogP contribution in [0.4, 0.5) is 0 Å². The van der Waals surface area contributed by atoms with Crippen LogP contribution in [0.3, 0.4) is 0 Å². The van der Waals surface area contributed by atoms with E-state index < -0.39 is 13.9 Å². The largest absolute Gasteiger partial charge is 0.756 e. The Morgan fingerprint density at radius 2 is 0.935 bits per heavy atom. The third-order valence-corrected chi connectivity index (χ3v) is 11.5. The summed E-state index contributed by atoms with van der Waals surface area (Å²) in [5.41, 5.74) is 0. The summed E-state index contributed by atoms with van der Waals surface area (Å²) in [7, 11) is 1.34.